The molecular formula is C7H13NO3. The molecule has 11 heavy (non-hydrogen) atoms. The molecule has 2 unspecified atom stereocenters. The summed E-state index contributed by atoms with van der Waals surface area (Å²) in [4.78, 5) is 10.7. The molecule has 0 bridgehead atoms. The Hall–Kier alpha value is -0.610. The normalized spacial score (nSPS) is 35.3. The fourth-order valence-corrected chi connectivity index (χ4v) is 1.40. The number of rotatable bonds is 4. The van der Waals surface area contributed by atoms with Crippen molar-refractivity contribution in [2.24, 2.45) is 17.1 Å². The molecule has 0 aliphatic heterocycles. The maximum Gasteiger partial charge on any atom is 0.311 e. The number of hydrogen-bond acceptors (Lipinski definition) is 3. The predicted octanol–water partition coefficient (Wildman–Crippen LogP) is -0.318. The highest BCUT2D eigenvalue weighted by Gasteiger charge is 2.59. The zero-order valence-corrected chi connectivity index (χ0v) is 6.54. The largest absolute Gasteiger partial charge is 0.481 e. The summed E-state index contributed by atoms with van der Waals surface area (Å²) in [6, 6.07) is 0. The summed E-state index contributed by atoms with van der Waals surface area (Å²) in [5.74, 6) is -0.669. The van der Waals surface area contributed by atoms with Crippen LogP contribution >= 0.6 is 0 Å². The van der Waals surface area contributed by atoms with E-state index in [0.717, 1.165) is 0 Å². The van der Waals surface area contributed by atoms with Crippen LogP contribution < -0.4 is 5.73 Å². The highest BCUT2D eigenvalue weighted by atomic mass is 16.5. The van der Waals surface area contributed by atoms with Gasteiger partial charge in [-0.25, -0.2) is 0 Å². The van der Waals surface area contributed by atoms with Crippen molar-refractivity contribution in [3.05, 3.63) is 0 Å². The van der Waals surface area contributed by atoms with Crippen molar-refractivity contribution < 1.29 is 14.6 Å². The van der Waals surface area contributed by atoms with Gasteiger partial charge in [-0.1, -0.05) is 0 Å². The summed E-state index contributed by atoms with van der Waals surface area (Å²) in [5.41, 5.74) is 4.68. The maximum atomic E-state index is 10.7. The third-order valence-electron chi connectivity index (χ3n) is 2.39. The summed E-state index contributed by atoms with van der Waals surface area (Å²) < 4.78 is 4.85. The Morgan fingerprint density at radius 2 is 2.55 bits per heavy atom. The van der Waals surface area contributed by atoms with Crippen molar-refractivity contribution in [1.29, 1.82) is 0 Å². The van der Waals surface area contributed by atoms with Crippen LogP contribution in [-0.2, 0) is 9.53 Å². The first-order chi connectivity index (χ1) is 5.17. The Kier molecular flexibility index (Phi) is 2.15. The van der Waals surface area contributed by atoms with Crippen LogP contribution in [0.2, 0.25) is 0 Å². The van der Waals surface area contributed by atoms with Crippen molar-refractivity contribution in [2.75, 3.05) is 20.3 Å². The van der Waals surface area contributed by atoms with Crippen LogP contribution in [0.5, 0.6) is 0 Å². The van der Waals surface area contributed by atoms with E-state index in [1.54, 1.807) is 7.11 Å². The molecule has 0 spiro atoms. The van der Waals surface area contributed by atoms with Gasteiger partial charge >= 0.3 is 5.97 Å². The number of carbonyl (C=O) groups is 1. The lowest BCUT2D eigenvalue weighted by Gasteiger charge is -2.07. The van der Waals surface area contributed by atoms with Crippen LogP contribution in [0.15, 0.2) is 0 Å². The van der Waals surface area contributed by atoms with Gasteiger partial charge in [0.15, 0.2) is 0 Å². The van der Waals surface area contributed by atoms with Gasteiger partial charge in [-0.2, -0.15) is 0 Å². The van der Waals surface area contributed by atoms with Gasteiger partial charge < -0.3 is 15.6 Å². The maximum absolute atomic E-state index is 10.7. The SMILES string of the molecule is COCC1CC1(CN)C(=O)O. The summed E-state index contributed by atoms with van der Waals surface area (Å²) in [7, 11) is 1.57. The first kappa shape index (κ1) is 8.49. The van der Waals surface area contributed by atoms with Crippen molar-refractivity contribution in [3.63, 3.8) is 0 Å². The lowest BCUT2D eigenvalue weighted by atomic mass is 10.1. The molecule has 3 N–H and O–H groups in total. The predicted molar refractivity (Wildman–Crippen MR) is 39.1 cm³/mol. The van der Waals surface area contributed by atoms with Crippen LogP contribution in [0.3, 0.4) is 0 Å². The van der Waals surface area contributed by atoms with Gasteiger partial charge in [-0.05, 0) is 6.42 Å². The smallest absolute Gasteiger partial charge is 0.311 e. The fourth-order valence-electron chi connectivity index (χ4n) is 1.40. The zero-order valence-electron chi connectivity index (χ0n) is 6.54. The summed E-state index contributed by atoms with van der Waals surface area (Å²) in [6.07, 6.45) is 0.659. The number of carboxylic acids is 1. The molecule has 1 aliphatic rings. The third kappa shape index (κ3) is 1.23. The van der Waals surface area contributed by atoms with Gasteiger partial charge in [0.05, 0.1) is 12.0 Å². The number of carboxylic acid groups (broad SMARTS) is 1. The Labute approximate surface area is 65.3 Å². The van der Waals surface area contributed by atoms with Crippen LogP contribution in [0.1, 0.15) is 6.42 Å². The number of aliphatic carboxylic acids is 1. The molecule has 0 amide bonds. The van der Waals surface area contributed by atoms with Gasteiger partial charge in [0.1, 0.15) is 0 Å². The van der Waals surface area contributed by atoms with E-state index in [1.165, 1.54) is 0 Å². The Balaban J connectivity index is 2.49. The van der Waals surface area contributed by atoms with Crippen molar-refractivity contribution in [2.45, 2.75) is 6.42 Å². The molecule has 1 fully saturated rings. The molecule has 4 heteroatoms. The molecule has 0 radical (unpaired) electrons. The number of ether oxygens (including phenoxy) is 1. The lowest BCUT2D eigenvalue weighted by molar-refractivity contribution is -0.143. The van der Waals surface area contributed by atoms with Crippen LogP contribution in [0.25, 0.3) is 0 Å². The van der Waals surface area contributed by atoms with E-state index in [-0.39, 0.29) is 12.5 Å². The van der Waals surface area contributed by atoms with Crippen molar-refractivity contribution >= 4 is 5.97 Å². The second kappa shape index (κ2) is 2.79. The highest BCUT2D eigenvalue weighted by molar-refractivity contribution is 5.79. The molecule has 0 aromatic heterocycles. The number of methoxy groups -OCH3 is 1. The molecule has 1 rings (SSSR count). The van der Waals surface area contributed by atoms with E-state index >= 15 is 0 Å². The number of nitrogens with two attached hydrogens (primary N) is 1. The highest BCUT2D eigenvalue weighted by Crippen LogP contribution is 2.51. The molecule has 2 atom stereocenters. The lowest BCUT2D eigenvalue weighted by Crippen LogP contribution is -2.28. The summed E-state index contributed by atoms with van der Waals surface area (Å²) in [5, 5.41) is 8.77. The van der Waals surface area contributed by atoms with E-state index in [0.29, 0.717) is 13.0 Å². The summed E-state index contributed by atoms with van der Waals surface area (Å²) in [6.45, 7) is 0.722. The first-order valence-corrected chi connectivity index (χ1v) is 3.60. The average Bonchev–Trinajstić information content (AvgIpc) is 2.65. The Morgan fingerprint density at radius 3 is 2.82 bits per heavy atom. The Bertz CT molecular complexity index is 171. The molecule has 0 heterocycles. The van der Waals surface area contributed by atoms with Gasteiger partial charge in [-0.3, -0.25) is 4.79 Å². The second-order valence-electron chi connectivity index (χ2n) is 3.02. The fraction of sp³-hybridized carbons (Fsp3) is 0.857. The monoisotopic (exact) mass is 159 g/mol. The third-order valence-corrected chi connectivity index (χ3v) is 2.39. The molecule has 0 aromatic carbocycles. The molecule has 0 saturated heterocycles. The minimum absolute atomic E-state index is 0.120. The van der Waals surface area contributed by atoms with Crippen molar-refractivity contribution in [1.82, 2.24) is 0 Å². The number of hydrogen-bond donors (Lipinski definition) is 2. The molecule has 1 saturated carbocycles. The summed E-state index contributed by atoms with van der Waals surface area (Å²) >= 11 is 0. The Morgan fingerprint density at radius 1 is 1.91 bits per heavy atom. The van der Waals surface area contributed by atoms with Crippen LogP contribution in [0.4, 0.5) is 0 Å². The van der Waals surface area contributed by atoms with Crippen LogP contribution in [0, 0.1) is 11.3 Å². The van der Waals surface area contributed by atoms with Gasteiger partial charge in [-0.15, -0.1) is 0 Å². The van der Waals surface area contributed by atoms with Crippen LogP contribution in [-0.4, -0.2) is 31.3 Å². The molecule has 4 nitrogen and oxygen atoms in total. The molecule has 64 valence electrons. The topological polar surface area (TPSA) is 72.5 Å². The van der Waals surface area contributed by atoms with Crippen molar-refractivity contribution in [3.8, 4) is 0 Å². The molecular weight excluding hydrogens is 146 g/mol. The van der Waals surface area contributed by atoms with E-state index < -0.39 is 11.4 Å². The molecule has 0 aromatic rings. The van der Waals surface area contributed by atoms with E-state index in [9.17, 15) is 4.79 Å². The van der Waals surface area contributed by atoms with Gasteiger partial charge in [0.25, 0.3) is 0 Å². The standard InChI is InChI=1S/C7H13NO3/c1-11-3-5-2-7(5,4-8)6(9)10/h5H,2-4,8H2,1H3,(H,9,10). The quantitative estimate of drug-likeness (QED) is 0.589. The second-order valence-corrected chi connectivity index (χ2v) is 3.02. The van der Waals surface area contributed by atoms with E-state index in [2.05, 4.69) is 0 Å². The van der Waals surface area contributed by atoms with E-state index in [1.807, 2.05) is 0 Å². The first-order valence-electron chi connectivity index (χ1n) is 3.60. The average molecular weight is 159 g/mol. The minimum Gasteiger partial charge on any atom is -0.481 e. The van der Waals surface area contributed by atoms with E-state index in [4.69, 9.17) is 15.6 Å². The zero-order chi connectivity index (χ0) is 8.48. The minimum atomic E-state index is -0.790. The molecule has 1 aliphatic carbocycles. The van der Waals surface area contributed by atoms with Gasteiger partial charge in [0, 0.05) is 19.6 Å². The van der Waals surface area contributed by atoms with Gasteiger partial charge in [0.2, 0.25) is 0 Å².